The van der Waals surface area contributed by atoms with Gasteiger partial charge in [0.1, 0.15) is 6.61 Å². The van der Waals surface area contributed by atoms with Gasteiger partial charge >= 0.3 is 5.97 Å². The molecule has 19 heavy (non-hydrogen) atoms. The first-order valence-corrected chi connectivity index (χ1v) is 6.83. The summed E-state index contributed by atoms with van der Waals surface area (Å²) in [5.74, 6) is -0.760. The number of thiophene rings is 1. The summed E-state index contributed by atoms with van der Waals surface area (Å²) < 4.78 is 5.56. The molecule has 0 spiro atoms. The van der Waals surface area contributed by atoms with Crippen molar-refractivity contribution in [3.05, 3.63) is 45.4 Å². The van der Waals surface area contributed by atoms with E-state index in [2.05, 4.69) is 18.0 Å². The molecule has 2 aromatic rings. The number of aromatic carboxylic acids is 1. The van der Waals surface area contributed by atoms with Gasteiger partial charge in [-0.15, -0.1) is 11.3 Å². The number of carboxylic acids is 1. The maximum atomic E-state index is 11.1. The second-order valence-corrected chi connectivity index (χ2v) is 5.37. The lowest BCUT2D eigenvalue weighted by Gasteiger charge is -2.07. The Kier molecular flexibility index (Phi) is 4.16. The van der Waals surface area contributed by atoms with Gasteiger partial charge in [0.2, 0.25) is 0 Å². The fourth-order valence-electron chi connectivity index (χ4n) is 1.65. The molecule has 1 N–H and O–H groups in total. The van der Waals surface area contributed by atoms with Crippen LogP contribution in [0.4, 0.5) is 0 Å². The monoisotopic (exact) mass is 277 g/mol. The molecule has 0 radical (unpaired) electrons. The SMILES string of the molecule is CCc1ccc(COc2ccc(C)nc2C(=O)O)s1. The average molecular weight is 277 g/mol. The summed E-state index contributed by atoms with van der Waals surface area (Å²) in [6, 6.07) is 7.47. The van der Waals surface area contributed by atoms with Gasteiger partial charge in [0.25, 0.3) is 0 Å². The van der Waals surface area contributed by atoms with Crippen LogP contribution in [0.3, 0.4) is 0 Å². The zero-order valence-corrected chi connectivity index (χ0v) is 11.7. The van der Waals surface area contributed by atoms with Gasteiger partial charge < -0.3 is 9.84 Å². The lowest BCUT2D eigenvalue weighted by Crippen LogP contribution is -2.06. The second-order valence-electron chi connectivity index (χ2n) is 4.11. The summed E-state index contributed by atoms with van der Waals surface area (Å²) in [4.78, 5) is 17.4. The van der Waals surface area contributed by atoms with Gasteiger partial charge in [-0.3, -0.25) is 0 Å². The van der Waals surface area contributed by atoms with Gasteiger partial charge in [-0.1, -0.05) is 6.92 Å². The molecular weight excluding hydrogens is 262 g/mol. The third-order valence-electron chi connectivity index (χ3n) is 2.64. The molecule has 2 heterocycles. The normalized spacial score (nSPS) is 10.4. The highest BCUT2D eigenvalue weighted by atomic mass is 32.1. The largest absolute Gasteiger partial charge is 0.486 e. The predicted molar refractivity (Wildman–Crippen MR) is 74.0 cm³/mol. The van der Waals surface area contributed by atoms with Crippen molar-refractivity contribution in [2.45, 2.75) is 26.9 Å². The number of rotatable bonds is 5. The topological polar surface area (TPSA) is 59.4 Å². The zero-order chi connectivity index (χ0) is 13.8. The molecule has 0 aliphatic carbocycles. The van der Waals surface area contributed by atoms with Crippen molar-refractivity contribution in [3.8, 4) is 5.75 Å². The molecular formula is C14H15NO3S. The third-order valence-corrected chi connectivity index (χ3v) is 3.84. The van der Waals surface area contributed by atoms with Gasteiger partial charge in [0.15, 0.2) is 11.4 Å². The minimum Gasteiger partial charge on any atom is -0.486 e. The molecule has 0 fully saturated rings. The molecule has 0 aliphatic rings. The maximum absolute atomic E-state index is 11.1. The lowest BCUT2D eigenvalue weighted by atomic mass is 10.3. The first-order valence-electron chi connectivity index (χ1n) is 6.01. The van der Waals surface area contributed by atoms with Gasteiger partial charge in [-0.05, 0) is 37.6 Å². The van der Waals surface area contributed by atoms with Crippen molar-refractivity contribution in [3.63, 3.8) is 0 Å². The quantitative estimate of drug-likeness (QED) is 0.911. The Labute approximate surface area is 115 Å². The van der Waals surface area contributed by atoms with Gasteiger partial charge in [-0.2, -0.15) is 0 Å². The van der Waals surface area contributed by atoms with E-state index in [1.165, 1.54) is 4.88 Å². The summed E-state index contributed by atoms with van der Waals surface area (Å²) in [5, 5.41) is 9.09. The van der Waals surface area contributed by atoms with Crippen molar-refractivity contribution in [1.29, 1.82) is 0 Å². The highest BCUT2D eigenvalue weighted by Gasteiger charge is 2.13. The number of pyridine rings is 1. The average Bonchev–Trinajstić information content (AvgIpc) is 2.85. The molecule has 0 bridgehead atoms. The molecule has 2 aromatic heterocycles. The van der Waals surface area contributed by atoms with Crippen LogP contribution in [0.5, 0.6) is 5.75 Å². The number of aryl methyl sites for hydroxylation is 2. The van der Waals surface area contributed by atoms with Gasteiger partial charge in [-0.25, -0.2) is 9.78 Å². The molecule has 0 saturated heterocycles. The minimum absolute atomic E-state index is 0.0349. The number of hydrogen-bond donors (Lipinski definition) is 1. The zero-order valence-electron chi connectivity index (χ0n) is 10.8. The third kappa shape index (κ3) is 3.32. The van der Waals surface area contributed by atoms with Crippen molar-refractivity contribution in [1.82, 2.24) is 4.98 Å². The van der Waals surface area contributed by atoms with E-state index in [1.54, 1.807) is 30.4 Å². The molecule has 0 aliphatic heterocycles. The highest BCUT2D eigenvalue weighted by molar-refractivity contribution is 7.11. The van der Waals surface area contributed by atoms with Crippen molar-refractivity contribution in [2.24, 2.45) is 0 Å². The Morgan fingerprint density at radius 2 is 2.05 bits per heavy atom. The van der Waals surface area contributed by atoms with Crippen LogP contribution in [0.2, 0.25) is 0 Å². The number of carbonyl (C=O) groups is 1. The van der Waals surface area contributed by atoms with Crippen LogP contribution in [0.15, 0.2) is 24.3 Å². The van der Waals surface area contributed by atoms with E-state index in [-0.39, 0.29) is 5.69 Å². The Morgan fingerprint density at radius 1 is 1.32 bits per heavy atom. The van der Waals surface area contributed by atoms with Gasteiger partial charge in [0.05, 0.1) is 0 Å². The number of carboxylic acid groups (broad SMARTS) is 1. The van der Waals surface area contributed by atoms with Crippen LogP contribution in [-0.4, -0.2) is 16.1 Å². The van der Waals surface area contributed by atoms with E-state index in [1.807, 2.05) is 6.07 Å². The Balaban J connectivity index is 2.12. The summed E-state index contributed by atoms with van der Waals surface area (Å²) in [5.41, 5.74) is 0.626. The van der Waals surface area contributed by atoms with E-state index >= 15 is 0 Å². The molecule has 0 saturated carbocycles. The second kappa shape index (κ2) is 5.84. The Hall–Kier alpha value is -1.88. The number of hydrogen-bond acceptors (Lipinski definition) is 4. The van der Waals surface area contributed by atoms with Gasteiger partial charge in [0, 0.05) is 15.4 Å². The molecule has 0 unspecified atom stereocenters. The van der Waals surface area contributed by atoms with E-state index in [9.17, 15) is 4.79 Å². The highest BCUT2D eigenvalue weighted by Crippen LogP contribution is 2.22. The molecule has 100 valence electrons. The summed E-state index contributed by atoms with van der Waals surface area (Å²) >= 11 is 1.68. The van der Waals surface area contributed by atoms with Crippen LogP contribution in [0, 0.1) is 6.92 Å². The molecule has 0 aromatic carbocycles. The maximum Gasteiger partial charge on any atom is 0.358 e. The smallest absolute Gasteiger partial charge is 0.358 e. The molecule has 4 nitrogen and oxygen atoms in total. The lowest BCUT2D eigenvalue weighted by molar-refractivity contribution is 0.0684. The number of nitrogens with zero attached hydrogens (tertiary/aromatic N) is 1. The summed E-state index contributed by atoms with van der Waals surface area (Å²) in [7, 11) is 0. The number of ether oxygens (including phenoxy) is 1. The first kappa shape index (κ1) is 13.5. The van der Waals surface area contributed by atoms with Crippen LogP contribution in [0.25, 0.3) is 0 Å². The number of aromatic nitrogens is 1. The Morgan fingerprint density at radius 3 is 2.68 bits per heavy atom. The minimum atomic E-state index is -1.07. The standard InChI is InChI=1S/C14H15NO3S/c1-3-10-5-6-11(19-10)8-18-12-7-4-9(2)15-13(12)14(16)17/h4-7H,3,8H2,1-2H3,(H,16,17). The van der Waals surface area contributed by atoms with Crippen LogP contribution in [-0.2, 0) is 13.0 Å². The predicted octanol–water partition coefficient (Wildman–Crippen LogP) is 3.29. The van der Waals surface area contributed by atoms with E-state index in [4.69, 9.17) is 9.84 Å². The van der Waals surface area contributed by atoms with E-state index in [0.29, 0.717) is 18.1 Å². The molecule has 5 heteroatoms. The van der Waals surface area contributed by atoms with Crippen LogP contribution >= 0.6 is 11.3 Å². The van der Waals surface area contributed by atoms with E-state index in [0.717, 1.165) is 11.3 Å². The van der Waals surface area contributed by atoms with Crippen LogP contribution in [0.1, 0.15) is 32.9 Å². The summed E-state index contributed by atoms with van der Waals surface area (Å²) in [6.07, 6.45) is 0.997. The molecule has 0 atom stereocenters. The van der Waals surface area contributed by atoms with Crippen molar-refractivity contribution in [2.75, 3.05) is 0 Å². The van der Waals surface area contributed by atoms with Crippen molar-refractivity contribution < 1.29 is 14.6 Å². The van der Waals surface area contributed by atoms with E-state index < -0.39 is 5.97 Å². The Bertz CT molecular complexity index is 592. The first-order chi connectivity index (χ1) is 9.10. The fraction of sp³-hybridized carbons (Fsp3) is 0.286. The molecule has 0 amide bonds. The van der Waals surface area contributed by atoms with Crippen molar-refractivity contribution >= 4 is 17.3 Å². The summed E-state index contributed by atoms with van der Waals surface area (Å²) in [6.45, 7) is 4.22. The fourth-order valence-corrected chi connectivity index (χ4v) is 2.52. The molecule has 2 rings (SSSR count). The van der Waals surface area contributed by atoms with Crippen LogP contribution < -0.4 is 4.74 Å².